The monoisotopic (exact) mass is 346 g/mol. The van der Waals surface area contributed by atoms with Crippen LogP contribution in [0.1, 0.15) is 6.42 Å². The smallest absolute Gasteiger partial charge is 0.0182 e. The van der Waals surface area contributed by atoms with Crippen LogP contribution in [0.15, 0.2) is 0 Å². The lowest BCUT2D eigenvalue weighted by atomic mass is 10.1. The van der Waals surface area contributed by atoms with Crippen LogP contribution in [0.2, 0.25) is 0 Å². The molecule has 0 heterocycles. The molecular weight excluding hydrogens is 338 g/mol. The normalized spacial score (nSPS) is 75.3. The topological polar surface area (TPSA) is 0 Å². The fraction of sp³-hybridized carbons (Fsp3) is 1.00. The highest BCUT2D eigenvalue weighted by Gasteiger charge is 2.72. The van der Waals surface area contributed by atoms with Crippen molar-refractivity contribution in [1.82, 2.24) is 0 Å². The summed E-state index contributed by atoms with van der Waals surface area (Å²) in [6, 6.07) is 0. The van der Waals surface area contributed by atoms with Crippen LogP contribution in [0.5, 0.6) is 0 Å². The molecule has 0 nitrogen and oxygen atoms in total. The Labute approximate surface area is 82.4 Å². The molecule has 4 aliphatic rings. The predicted octanol–water partition coefficient (Wildman–Crippen LogP) is 2.49. The van der Waals surface area contributed by atoms with Crippen molar-refractivity contribution in [1.29, 1.82) is 0 Å². The van der Waals surface area contributed by atoms with Crippen LogP contribution in [0.25, 0.3) is 0 Å². The summed E-state index contributed by atoms with van der Waals surface area (Å²) >= 11 is 5.36. The van der Waals surface area contributed by atoms with E-state index in [9.17, 15) is 0 Å². The molecule has 50 valence electrons. The third-order valence-corrected chi connectivity index (χ3v) is 6.90. The highest BCUT2D eigenvalue weighted by atomic mass is 127. The minimum absolute atomic E-state index is 1.07. The Morgan fingerprint density at radius 3 is 1.56 bits per heavy atom. The van der Waals surface area contributed by atoms with E-state index in [1.807, 2.05) is 0 Å². The average Bonchev–Trinajstić information content (AvgIpc) is 2.18. The molecule has 6 atom stereocenters. The van der Waals surface area contributed by atoms with E-state index in [0.29, 0.717) is 0 Å². The molecule has 0 N–H and O–H groups in total. The molecule has 0 radical (unpaired) electrons. The fourth-order valence-corrected chi connectivity index (χ4v) is 7.26. The average molecular weight is 346 g/mol. The van der Waals surface area contributed by atoms with Crippen molar-refractivity contribution in [3.8, 4) is 0 Å². The SMILES string of the molecule is I[C@@H]1C2C3CC1[C@@H](I)C32. The lowest BCUT2D eigenvalue weighted by Gasteiger charge is -2.08. The first kappa shape index (κ1) is 6.03. The van der Waals surface area contributed by atoms with Crippen molar-refractivity contribution in [2.75, 3.05) is 0 Å². The Kier molecular flexibility index (Phi) is 1.08. The van der Waals surface area contributed by atoms with Crippen LogP contribution in [0.4, 0.5) is 0 Å². The van der Waals surface area contributed by atoms with Gasteiger partial charge in [0.15, 0.2) is 0 Å². The standard InChI is InChI=1S/C7H8I2/c8-6-3-1-2-4(6)5(2)7(3)9/h2-7H,1H2/t2?,3?,4?,5?,6-,7+. The van der Waals surface area contributed by atoms with Crippen LogP contribution < -0.4 is 0 Å². The number of hydrogen-bond acceptors (Lipinski definition) is 0. The molecule has 0 aromatic rings. The Balaban J connectivity index is 2.07. The Morgan fingerprint density at radius 1 is 0.889 bits per heavy atom. The predicted molar refractivity (Wildman–Crippen MR) is 54.2 cm³/mol. The van der Waals surface area contributed by atoms with E-state index in [0.717, 1.165) is 13.8 Å². The summed E-state index contributed by atoms with van der Waals surface area (Å²) < 4.78 is 2.14. The summed E-state index contributed by atoms with van der Waals surface area (Å²) in [5.41, 5.74) is 0. The van der Waals surface area contributed by atoms with E-state index in [1.165, 1.54) is 17.8 Å². The van der Waals surface area contributed by atoms with Gasteiger partial charge in [-0.1, -0.05) is 45.2 Å². The van der Waals surface area contributed by atoms with Gasteiger partial charge in [-0.3, -0.25) is 0 Å². The van der Waals surface area contributed by atoms with Crippen LogP contribution in [-0.4, -0.2) is 7.85 Å². The molecule has 0 amide bonds. The lowest BCUT2D eigenvalue weighted by Crippen LogP contribution is -2.09. The zero-order valence-corrected chi connectivity index (χ0v) is 9.24. The fourth-order valence-electron chi connectivity index (χ4n) is 2.96. The molecule has 0 spiro atoms. The largest absolute Gasteiger partial charge is 0.0820 e. The number of halogens is 2. The van der Waals surface area contributed by atoms with Gasteiger partial charge in [0.05, 0.1) is 0 Å². The second-order valence-corrected chi connectivity index (χ2v) is 6.48. The minimum atomic E-state index is 1.07. The van der Waals surface area contributed by atoms with Gasteiger partial charge in [-0.2, -0.15) is 0 Å². The first-order chi connectivity index (χ1) is 4.30. The molecule has 2 heteroatoms. The molecule has 0 aromatic heterocycles. The van der Waals surface area contributed by atoms with Crippen molar-refractivity contribution in [2.24, 2.45) is 23.7 Å². The van der Waals surface area contributed by atoms with Gasteiger partial charge in [-0.15, -0.1) is 0 Å². The van der Waals surface area contributed by atoms with Gasteiger partial charge in [0.25, 0.3) is 0 Å². The van der Waals surface area contributed by atoms with Crippen LogP contribution in [-0.2, 0) is 0 Å². The van der Waals surface area contributed by atoms with Gasteiger partial charge in [0, 0.05) is 7.85 Å². The third kappa shape index (κ3) is 0.532. The first-order valence-electron chi connectivity index (χ1n) is 3.59. The summed E-state index contributed by atoms with van der Waals surface area (Å²) in [4.78, 5) is 0. The molecule has 4 saturated carbocycles. The van der Waals surface area contributed by atoms with Gasteiger partial charge >= 0.3 is 0 Å². The zero-order valence-electron chi connectivity index (χ0n) is 4.93. The van der Waals surface area contributed by atoms with E-state index in [-0.39, 0.29) is 0 Å². The summed E-state index contributed by atoms with van der Waals surface area (Å²) in [5, 5.41) is 0. The number of hydrogen-bond donors (Lipinski definition) is 0. The molecule has 4 rings (SSSR count). The maximum absolute atomic E-state index is 2.68. The van der Waals surface area contributed by atoms with Crippen molar-refractivity contribution < 1.29 is 0 Å². The van der Waals surface area contributed by atoms with E-state index < -0.39 is 0 Å². The third-order valence-electron chi connectivity index (χ3n) is 3.39. The lowest BCUT2D eigenvalue weighted by molar-refractivity contribution is 0.651. The summed E-state index contributed by atoms with van der Waals surface area (Å²) in [6.45, 7) is 0. The minimum Gasteiger partial charge on any atom is -0.0820 e. The second kappa shape index (κ2) is 1.62. The van der Waals surface area contributed by atoms with Crippen molar-refractivity contribution >= 4 is 45.2 Å². The van der Waals surface area contributed by atoms with E-state index in [1.54, 1.807) is 6.42 Å². The molecular formula is C7H8I2. The quantitative estimate of drug-likeness (QED) is 0.467. The second-order valence-electron chi connectivity index (χ2n) is 3.61. The maximum atomic E-state index is 2.68. The molecule has 0 aliphatic heterocycles. The molecule has 4 unspecified atom stereocenters. The van der Waals surface area contributed by atoms with E-state index in [4.69, 9.17) is 0 Å². The van der Waals surface area contributed by atoms with E-state index >= 15 is 0 Å². The van der Waals surface area contributed by atoms with Gasteiger partial charge in [-0.05, 0) is 30.1 Å². The van der Waals surface area contributed by atoms with Gasteiger partial charge in [0.1, 0.15) is 0 Å². The van der Waals surface area contributed by atoms with Crippen LogP contribution in [0.3, 0.4) is 0 Å². The molecule has 0 saturated heterocycles. The number of rotatable bonds is 0. The van der Waals surface area contributed by atoms with Crippen molar-refractivity contribution in [3.63, 3.8) is 0 Å². The summed E-state index contributed by atoms with van der Waals surface area (Å²) in [6.07, 6.45) is 1.58. The number of alkyl halides is 2. The molecule has 0 aromatic carbocycles. The summed E-state index contributed by atoms with van der Waals surface area (Å²) in [7, 11) is 0. The van der Waals surface area contributed by atoms with Gasteiger partial charge in [0.2, 0.25) is 0 Å². The molecule has 4 aliphatic carbocycles. The molecule has 4 bridgehead atoms. The summed E-state index contributed by atoms with van der Waals surface area (Å²) in [5.74, 6) is 4.67. The highest BCUT2D eigenvalue weighted by Crippen LogP contribution is 2.74. The maximum Gasteiger partial charge on any atom is 0.0182 e. The van der Waals surface area contributed by atoms with Crippen LogP contribution in [0, 0.1) is 23.7 Å². The van der Waals surface area contributed by atoms with Gasteiger partial charge in [-0.25, -0.2) is 0 Å². The molecule has 9 heavy (non-hydrogen) atoms. The zero-order chi connectivity index (χ0) is 6.17. The van der Waals surface area contributed by atoms with Crippen molar-refractivity contribution in [2.45, 2.75) is 14.3 Å². The Morgan fingerprint density at radius 2 is 1.44 bits per heavy atom. The van der Waals surface area contributed by atoms with Gasteiger partial charge < -0.3 is 0 Å². The first-order valence-corrected chi connectivity index (χ1v) is 6.08. The Hall–Kier alpha value is 1.46. The highest BCUT2D eigenvalue weighted by molar-refractivity contribution is 14.1. The van der Waals surface area contributed by atoms with Crippen molar-refractivity contribution in [3.05, 3.63) is 0 Å². The molecule has 4 fully saturated rings. The van der Waals surface area contributed by atoms with Crippen LogP contribution >= 0.6 is 45.2 Å². The van der Waals surface area contributed by atoms with E-state index in [2.05, 4.69) is 45.2 Å². The Bertz CT molecular complexity index is 148.